The lowest BCUT2D eigenvalue weighted by Gasteiger charge is -2.41. The fourth-order valence-corrected chi connectivity index (χ4v) is 5.18. The SMILES string of the molecule is O=C(c1ccco1)N(C1CC1)C(Cc1ccccc1)C1CCN(Cc2ccccc2F)CC1. The van der Waals surface area contributed by atoms with Gasteiger partial charge < -0.3 is 9.32 Å². The van der Waals surface area contributed by atoms with Crippen molar-refractivity contribution < 1.29 is 13.6 Å². The van der Waals surface area contributed by atoms with Crippen molar-refractivity contribution in [2.24, 2.45) is 5.92 Å². The van der Waals surface area contributed by atoms with Crippen LogP contribution in [0.25, 0.3) is 0 Å². The summed E-state index contributed by atoms with van der Waals surface area (Å²) in [5.41, 5.74) is 2.01. The van der Waals surface area contributed by atoms with Crippen LogP contribution in [0.3, 0.4) is 0 Å². The monoisotopic (exact) mass is 446 g/mol. The van der Waals surface area contributed by atoms with E-state index in [1.807, 2.05) is 18.2 Å². The first-order chi connectivity index (χ1) is 16.2. The molecule has 4 nitrogen and oxygen atoms in total. The normalized spacial score (nSPS) is 18.2. The summed E-state index contributed by atoms with van der Waals surface area (Å²) in [4.78, 5) is 18.0. The van der Waals surface area contributed by atoms with Crippen molar-refractivity contribution in [1.29, 1.82) is 0 Å². The smallest absolute Gasteiger partial charge is 0.290 e. The Kier molecular flexibility index (Phi) is 6.58. The summed E-state index contributed by atoms with van der Waals surface area (Å²) >= 11 is 0. The van der Waals surface area contributed by atoms with Gasteiger partial charge in [-0.3, -0.25) is 9.69 Å². The molecule has 2 aliphatic rings. The summed E-state index contributed by atoms with van der Waals surface area (Å²) in [6.45, 7) is 2.47. The second-order valence-corrected chi connectivity index (χ2v) is 9.38. The molecule has 1 saturated heterocycles. The third-order valence-electron chi connectivity index (χ3n) is 7.08. The number of rotatable bonds is 8. The molecule has 1 aliphatic carbocycles. The minimum atomic E-state index is -0.134. The van der Waals surface area contributed by atoms with Crippen LogP contribution in [0.15, 0.2) is 77.4 Å². The van der Waals surface area contributed by atoms with E-state index in [4.69, 9.17) is 4.42 Å². The van der Waals surface area contributed by atoms with Gasteiger partial charge in [0.25, 0.3) is 5.91 Å². The molecule has 0 bridgehead atoms. The van der Waals surface area contributed by atoms with Crippen molar-refractivity contribution in [3.05, 3.63) is 95.7 Å². The molecule has 1 atom stereocenters. The number of piperidine rings is 1. The Labute approximate surface area is 195 Å². The lowest BCUT2D eigenvalue weighted by Crippen LogP contribution is -2.50. The minimum Gasteiger partial charge on any atom is -0.459 e. The number of hydrogen-bond acceptors (Lipinski definition) is 3. The molecule has 5 rings (SSSR count). The van der Waals surface area contributed by atoms with Crippen LogP contribution in [0.2, 0.25) is 0 Å². The van der Waals surface area contributed by atoms with Crippen LogP contribution in [0.4, 0.5) is 4.39 Å². The first-order valence-corrected chi connectivity index (χ1v) is 12.0. The number of benzene rings is 2. The van der Waals surface area contributed by atoms with Gasteiger partial charge in [0, 0.05) is 24.2 Å². The molecule has 2 heterocycles. The van der Waals surface area contributed by atoms with E-state index in [-0.39, 0.29) is 17.8 Å². The van der Waals surface area contributed by atoms with E-state index < -0.39 is 0 Å². The molecule has 3 aromatic rings. The number of halogens is 1. The number of amides is 1. The zero-order valence-electron chi connectivity index (χ0n) is 18.9. The van der Waals surface area contributed by atoms with Crippen LogP contribution in [-0.2, 0) is 13.0 Å². The second kappa shape index (κ2) is 9.92. The highest BCUT2D eigenvalue weighted by Crippen LogP contribution is 2.36. The average Bonchev–Trinajstić information content (AvgIpc) is 3.52. The molecular formula is C28H31FN2O2. The van der Waals surface area contributed by atoms with Crippen LogP contribution in [0.5, 0.6) is 0 Å². The highest BCUT2D eigenvalue weighted by atomic mass is 19.1. The summed E-state index contributed by atoms with van der Waals surface area (Å²) in [7, 11) is 0. The quantitative estimate of drug-likeness (QED) is 0.455. The Morgan fingerprint density at radius 3 is 2.36 bits per heavy atom. The van der Waals surface area contributed by atoms with Gasteiger partial charge in [-0.15, -0.1) is 0 Å². The van der Waals surface area contributed by atoms with Crippen molar-refractivity contribution in [1.82, 2.24) is 9.80 Å². The molecule has 1 saturated carbocycles. The first-order valence-electron chi connectivity index (χ1n) is 12.0. The van der Waals surface area contributed by atoms with E-state index in [1.165, 1.54) is 11.6 Å². The number of likely N-dealkylation sites (tertiary alicyclic amines) is 1. The Morgan fingerprint density at radius 2 is 1.70 bits per heavy atom. The Morgan fingerprint density at radius 1 is 0.970 bits per heavy atom. The zero-order chi connectivity index (χ0) is 22.6. The molecule has 1 amide bonds. The predicted octanol–water partition coefficient (Wildman–Crippen LogP) is 5.55. The molecule has 0 spiro atoms. The lowest BCUT2D eigenvalue weighted by atomic mass is 9.84. The molecule has 0 radical (unpaired) electrons. The van der Waals surface area contributed by atoms with Crippen molar-refractivity contribution in [3.63, 3.8) is 0 Å². The van der Waals surface area contributed by atoms with Crippen molar-refractivity contribution in [2.45, 2.75) is 50.7 Å². The number of carbonyl (C=O) groups excluding carboxylic acids is 1. The standard InChI is InChI=1S/C28H31FN2O2/c29-25-10-5-4-9-23(25)20-30-16-14-22(15-17-30)26(19-21-7-2-1-3-8-21)31(24-12-13-24)28(32)27-11-6-18-33-27/h1-11,18,22,24,26H,12-17,19-20H2. The largest absolute Gasteiger partial charge is 0.459 e. The summed E-state index contributed by atoms with van der Waals surface area (Å²) in [5, 5.41) is 0. The van der Waals surface area contributed by atoms with E-state index in [2.05, 4.69) is 34.1 Å². The minimum absolute atomic E-state index is 0.0113. The van der Waals surface area contributed by atoms with Crippen LogP contribution in [0.1, 0.15) is 47.4 Å². The zero-order valence-corrected chi connectivity index (χ0v) is 18.9. The van der Waals surface area contributed by atoms with Gasteiger partial charge in [-0.1, -0.05) is 48.5 Å². The predicted molar refractivity (Wildman–Crippen MR) is 126 cm³/mol. The highest BCUT2D eigenvalue weighted by Gasteiger charge is 2.42. The fraction of sp³-hybridized carbons (Fsp3) is 0.393. The highest BCUT2D eigenvalue weighted by molar-refractivity contribution is 5.92. The van der Waals surface area contributed by atoms with Crippen LogP contribution in [0, 0.1) is 11.7 Å². The Balaban J connectivity index is 1.33. The Hall–Kier alpha value is -2.92. The number of furan rings is 1. The summed E-state index contributed by atoms with van der Waals surface area (Å²) in [6, 6.07) is 21.5. The molecule has 33 heavy (non-hydrogen) atoms. The first kappa shape index (κ1) is 21.9. The van der Waals surface area contributed by atoms with E-state index in [0.29, 0.717) is 24.3 Å². The van der Waals surface area contributed by atoms with E-state index >= 15 is 0 Å². The molecule has 1 unspecified atom stereocenters. The number of nitrogens with zero attached hydrogens (tertiary/aromatic N) is 2. The molecule has 2 aromatic carbocycles. The molecule has 1 aliphatic heterocycles. The van der Waals surface area contributed by atoms with Gasteiger partial charge in [-0.25, -0.2) is 4.39 Å². The summed E-state index contributed by atoms with van der Waals surface area (Å²) in [6.07, 6.45) is 6.54. The maximum absolute atomic E-state index is 14.1. The van der Waals surface area contributed by atoms with E-state index in [9.17, 15) is 9.18 Å². The van der Waals surface area contributed by atoms with E-state index in [0.717, 1.165) is 50.8 Å². The molecule has 0 N–H and O–H groups in total. The van der Waals surface area contributed by atoms with Gasteiger partial charge in [0.05, 0.1) is 6.26 Å². The molecule has 5 heteroatoms. The van der Waals surface area contributed by atoms with Gasteiger partial charge in [0.1, 0.15) is 5.82 Å². The topological polar surface area (TPSA) is 36.7 Å². The van der Waals surface area contributed by atoms with Crippen molar-refractivity contribution in [3.8, 4) is 0 Å². The maximum Gasteiger partial charge on any atom is 0.290 e. The van der Waals surface area contributed by atoms with Gasteiger partial charge in [0.15, 0.2) is 5.76 Å². The summed E-state index contributed by atoms with van der Waals surface area (Å²) in [5.74, 6) is 0.710. The third-order valence-corrected chi connectivity index (χ3v) is 7.08. The Bertz CT molecular complexity index is 1040. The lowest BCUT2D eigenvalue weighted by molar-refractivity contribution is 0.0453. The van der Waals surface area contributed by atoms with Gasteiger partial charge in [0.2, 0.25) is 0 Å². The average molecular weight is 447 g/mol. The van der Waals surface area contributed by atoms with Gasteiger partial charge >= 0.3 is 0 Å². The van der Waals surface area contributed by atoms with Crippen molar-refractivity contribution in [2.75, 3.05) is 13.1 Å². The van der Waals surface area contributed by atoms with Crippen LogP contribution >= 0.6 is 0 Å². The molecule has 172 valence electrons. The van der Waals surface area contributed by atoms with Crippen LogP contribution < -0.4 is 0 Å². The number of hydrogen-bond donors (Lipinski definition) is 0. The fourth-order valence-electron chi connectivity index (χ4n) is 5.18. The summed E-state index contributed by atoms with van der Waals surface area (Å²) < 4.78 is 19.6. The number of carbonyl (C=O) groups is 1. The molecule has 2 fully saturated rings. The second-order valence-electron chi connectivity index (χ2n) is 9.38. The third kappa shape index (κ3) is 5.19. The van der Waals surface area contributed by atoms with Gasteiger partial charge in [-0.05, 0) is 74.9 Å². The van der Waals surface area contributed by atoms with Crippen molar-refractivity contribution >= 4 is 5.91 Å². The molecule has 1 aromatic heterocycles. The van der Waals surface area contributed by atoms with E-state index in [1.54, 1.807) is 24.5 Å². The van der Waals surface area contributed by atoms with Crippen LogP contribution in [-0.4, -0.2) is 40.9 Å². The molecular weight excluding hydrogens is 415 g/mol. The van der Waals surface area contributed by atoms with Gasteiger partial charge in [-0.2, -0.15) is 0 Å². The maximum atomic E-state index is 14.1.